The molecule has 0 saturated heterocycles. The van der Waals surface area contributed by atoms with E-state index in [1.807, 2.05) is 6.92 Å². The Bertz CT molecular complexity index is 499. The van der Waals surface area contributed by atoms with Crippen LogP contribution in [0.25, 0.3) is 0 Å². The van der Waals surface area contributed by atoms with E-state index in [4.69, 9.17) is 4.74 Å². The van der Waals surface area contributed by atoms with Gasteiger partial charge < -0.3 is 10.1 Å². The Kier molecular flexibility index (Phi) is 5.36. The molecule has 0 spiro atoms. The number of ether oxygens (including phenoxy) is 1. The Morgan fingerprint density at radius 2 is 2.16 bits per heavy atom. The highest BCUT2D eigenvalue weighted by Crippen LogP contribution is 2.17. The summed E-state index contributed by atoms with van der Waals surface area (Å²) in [6.45, 7) is 4.04. The highest BCUT2D eigenvalue weighted by atomic mass is 32.1. The van der Waals surface area contributed by atoms with E-state index in [9.17, 15) is 4.39 Å². The minimum absolute atomic E-state index is 0.302. The van der Waals surface area contributed by atoms with Crippen LogP contribution in [0.15, 0.2) is 35.7 Å². The lowest BCUT2D eigenvalue weighted by molar-refractivity contribution is 0.299. The second-order valence-electron chi connectivity index (χ2n) is 4.36. The van der Waals surface area contributed by atoms with Gasteiger partial charge in [-0.1, -0.05) is 12.1 Å². The smallest absolute Gasteiger partial charge is 0.165 e. The average molecular weight is 279 g/mol. The SMILES string of the molecule is Cc1ccc(F)c(OCCNCCc2cccs2)c1. The molecule has 0 fully saturated rings. The highest BCUT2D eigenvalue weighted by Gasteiger charge is 2.02. The van der Waals surface area contributed by atoms with Gasteiger partial charge in [0.25, 0.3) is 0 Å². The molecule has 2 aromatic rings. The van der Waals surface area contributed by atoms with Gasteiger partial charge in [-0.25, -0.2) is 4.39 Å². The lowest BCUT2D eigenvalue weighted by Gasteiger charge is -2.08. The molecule has 0 amide bonds. The maximum atomic E-state index is 13.4. The molecule has 1 aromatic carbocycles. The number of rotatable bonds is 7. The fraction of sp³-hybridized carbons (Fsp3) is 0.333. The molecule has 19 heavy (non-hydrogen) atoms. The number of nitrogens with one attached hydrogen (secondary N) is 1. The quantitative estimate of drug-likeness (QED) is 0.784. The first-order chi connectivity index (χ1) is 9.25. The van der Waals surface area contributed by atoms with Gasteiger partial charge in [0, 0.05) is 18.0 Å². The van der Waals surface area contributed by atoms with Crippen molar-refractivity contribution >= 4 is 11.3 Å². The minimum Gasteiger partial charge on any atom is -0.489 e. The highest BCUT2D eigenvalue weighted by molar-refractivity contribution is 7.09. The van der Waals surface area contributed by atoms with E-state index in [0.29, 0.717) is 12.4 Å². The maximum absolute atomic E-state index is 13.4. The van der Waals surface area contributed by atoms with Gasteiger partial charge in [0.2, 0.25) is 0 Å². The third-order valence-corrected chi connectivity index (χ3v) is 3.69. The van der Waals surface area contributed by atoms with Crippen LogP contribution in [0.1, 0.15) is 10.4 Å². The summed E-state index contributed by atoms with van der Waals surface area (Å²) < 4.78 is 18.8. The lowest BCUT2D eigenvalue weighted by atomic mass is 10.2. The van der Waals surface area contributed by atoms with Crippen LogP contribution in [0, 0.1) is 12.7 Å². The molecule has 0 atom stereocenters. The Morgan fingerprint density at radius 1 is 1.26 bits per heavy atom. The molecule has 0 radical (unpaired) electrons. The summed E-state index contributed by atoms with van der Waals surface area (Å²) in [5.74, 6) is 0.0317. The van der Waals surface area contributed by atoms with Crippen molar-refractivity contribution in [2.45, 2.75) is 13.3 Å². The van der Waals surface area contributed by atoms with Crippen molar-refractivity contribution in [2.24, 2.45) is 0 Å². The Balaban J connectivity index is 1.62. The van der Waals surface area contributed by atoms with Gasteiger partial charge in [0.1, 0.15) is 6.61 Å². The van der Waals surface area contributed by atoms with Crippen LogP contribution in [-0.2, 0) is 6.42 Å². The zero-order valence-corrected chi connectivity index (χ0v) is 11.8. The number of halogens is 1. The molecule has 1 N–H and O–H groups in total. The normalized spacial score (nSPS) is 10.6. The molecule has 0 saturated carbocycles. The number of thiophene rings is 1. The summed E-state index contributed by atoms with van der Waals surface area (Å²) in [5, 5.41) is 5.37. The molecule has 0 aliphatic carbocycles. The molecule has 1 aromatic heterocycles. The number of aryl methyl sites for hydroxylation is 1. The largest absolute Gasteiger partial charge is 0.489 e. The Hall–Kier alpha value is -1.39. The summed E-state index contributed by atoms with van der Waals surface area (Å²) >= 11 is 1.77. The third-order valence-electron chi connectivity index (χ3n) is 2.75. The number of benzene rings is 1. The third kappa shape index (κ3) is 4.65. The number of hydrogen-bond acceptors (Lipinski definition) is 3. The van der Waals surface area contributed by atoms with Crippen molar-refractivity contribution < 1.29 is 9.13 Å². The van der Waals surface area contributed by atoms with Crippen LogP contribution in [-0.4, -0.2) is 19.7 Å². The van der Waals surface area contributed by atoms with Crippen LogP contribution in [0.3, 0.4) is 0 Å². The minimum atomic E-state index is -0.302. The molecule has 102 valence electrons. The van der Waals surface area contributed by atoms with Gasteiger partial charge in [0.15, 0.2) is 11.6 Å². The number of hydrogen-bond donors (Lipinski definition) is 1. The summed E-state index contributed by atoms with van der Waals surface area (Å²) in [6.07, 6.45) is 1.02. The van der Waals surface area contributed by atoms with Crippen molar-refractivity contribution in [3.8, 4) is 5.75 Å². The summed E-state index contributed by atoms with van der Waals surface area (Å²) in [5.41, 5.74) is 1.00. The van der Waals surface area contributed by atoms with Gasteiger partial charge in [-0.15, -0.1) is 11.3 Å². The molecule has 0 aliphatic rings. The zero-order chi connectivity index (χ0) is 13.5. The first-order valence-electron chi connectivity index (χ1n) is 6.38. The van der Waals surface area contributed by atoms with Crippen molar-refractivity contribution in [3.05, 3.63) is 52.0 Å². The summed E-state index contributed by atoms with van der Waals surface area (Å²) in [7, 11) is 0. The topological polar surface area (TPSA) is 21.3 Å². The van der Waals surface area contributed by atoms with E-state index in [1.165, 1.54) is 10.9 Å². The molecular formula is C15H18FNOS. The van der Waals surface area contributed by atoms with Crippen LogP contribution >= 0.6 is 11.3 Å². The van der Waals surface area contributed by atoms with Gasteiger partial charge in [-0.2, -0.15) is 0 Å². The van der Waals surface area contributed by atoms with E-state index in [-0.39, 0.29) is 5.82 Å². The molecule has 4 heteroatoms. The van der Waals surface area contributed by atoms with Crippen molar-refractivity contribution in [3.63, 3.8) is 0 Å². The second-order valence-corrected chi connectivity index (χ2v) is 5.39. The molecule has 0 aliphatic heterocycles. The first-order valence-corrected chi connectivity index (χ1v) is 7.26. The zero-order valence-electron chi connectivity index (χ0n) is 11.0. The predicted molar refractivity (Wildman–Crippen MR) is 77.5 cm³/mol. The Morgan fingerprint density at radius 3 is 2.95 bits per heavy atom. The van der Waals surface area contributed by atoms with Crippen LogP contribution in [0.4, 0.5) is 4.39 Å². The molecule has 0 bridgehead atoms. The van der Waals surface area contributed by atoms with Gasteiger partial charge in [-0.05, 0) is 42.5 Å². The predicted octanol–water partition coefficient (Wildman–Crippen LogP) is 3.41. The standard InChI is InChI=1S/C15H18FNOS/c1-12-4-5-14(16)15(11-12)18-9-8-17-7-6-13-3-2-10-19-13/h2-5,10-11,17H,6-9H2,1H3. The lowest BCUT2D eigenvalue weighted by Crippen LogP contribution is -2.23. The Labute approximate surface area is 117 Å². The average Bonchev–Trinajstić information content (AvgIpc) is 2.90. The molecule has 2 nitrogen and oxygen atoms in total. The molecule has 2 rings (SSSR count). The van der Waals surface area contributed by atoms with Crippen LogP contribution < -0.4 is 10.1 Å². The van der Waals surface area contributed by atoms with Crippen molar-refractivity contribution in [1.29, 1.82) is 0 Å². The molecular weight excluding hydrogens is 261 g/mol. The fourth-order valence-electron chi connectivity index (χ4n) is 1.75. The van der Waals surface area contributed by atoms with E-state index in [0.717, 1.165) is 25.1 Å². The van der Waals surface area contributed by atoms with Gasteiger partial charge in [0.05, 0.1) is 0 Å². The fourth-order valence-corrected chi connectivity index (χ4v) is 2.45. The second kappa shape index (κ2) is 7.26. The van der Waals surface area contributed by atoms with Crippen molar-refractivity contribution in [1.82, 2.24) is 5.32 Å². The van der Waals surface area contributed by atoms with Gasteiger partial charge >= 0.3 is 0 Å². The van der Waals surface area contributed by atoms with Gasteiger partial charge in [-0.3, -0.25) is 0 Å². The van der Waals surface area contributed by atoms with E-state index in [2.05, 4.69) is 22.8 Å². The summed E-state index contributed by atoms with van der Waals surface area (Å²) in [6, 6.07) is 9.09. The van der Waals surface area contributed by atoms with E-state index < -0.39 is 0 Å². The van der Waals surface area contributed by atoms with Crippen LogP contribution in [0.2, 0.25) is 0 Å². The van der Waals surface area contributed by atoms with Crippen molar-refractivity contribution in [2.75, 3.05) is 19.7 Å². The van der Waals surface area contributed by atoms with Crippen LogP contribution in [0.5, 0.6) is 5.75 Å². The molecule has 1 heterocycles. The first kappa shape index (κ1) is 14.0. The van der Waals surface area contributed by atoms with E-state index in [1.54, 1.807) is 23.5 Å². The monoisotopic (exact) mass is 279 g/mol. The summed E-state index contributed by atoms with van der Waals surface area (Å²) in [4.78, 5) is 1.37. The maximum Gasteiger partial charge on any atom is 0.165 e. The molecule has 0 unspecified atom stereocenters. The van der Waals surface area contributed by atoms with E-state index >= 15 is 0 Å².